The van der Waals surface area contributed by atoms with Gasteiger partial charge in [-0.05, 0) is 66.4 Å². The Morgan fingerprint density at radius 1 is 0.886 bits per heavy atom. The number of fused-ring (bicyclic) bond motifs is 1. The van der Waals surface area contributed by atoms with Gasteiger partial charge in [0.2, 0.25) is 0 Å². The third-order valence-corrected chi connectivity index (χ3v) is 7.48. The highest BCUT2D eigenvalue weighted by molar-refractivity contribution is 7.92. The fraction of sp³-hybridized carbons (Fsp3) is 0.208. The average molecular weight is 513 g/mol. The largest absolute Gasteiger partial charge is 0.416 e. The van der Waals surface area contributed by atoms with Crippen molar-refractivity contribution in [2.24, 2.45) is 0 Å². The highest BCUT2D eigenvalue weighted by Gasteiger charge is 2.32. The van der Waals surface area contributed by atoms with Crippen LogP contribution in [0.3, 0.4) is 0 Å². The van der Waals surface area contributed by atoms with Crippen molar-refractivity contribution in [3.05, 3.63) is 94.3 Å². The van der Waals surface area contributed by atoms with Gasteiger partial charge in [0.25, 0.3) is 10.0 Å². The molecule has 0 amide bonds. The van der Waals surface area contributed by atoms with E-state index < -0.39 is 61.9 Å². The zero-order chi connectivity index (χ0) is 25.5. The van der Waals surface area contributed by atoms with Crippen LogP contribution in [0, 0.1) is 17.5 Å². The first kappa shape index (κ1) is 24.8. The highest BCUT2D eigenvalue weighted by atomic mass is 32.2. The Labute approximate surface area is 196 Å². The number of ketones is 1. The summed E-state index contributed by atoms with van der Waals surface area (Å²) in [7, 11) is -4.26. The minimum absolute atomic E-state index is 0.0548. The van der Waals surface area contributed by atoms with Gasteiger partial charge in [-0.3, -0.25) is 9.10 Å². The summed E-state index contributed by atoms with van der Waals surface area (Å²) in [6.45, 7) is 0.0548. The van der Waals surface area contributed by atoms with E-state index in [0.29, 0.717) is 42.2 Å². The lowest BCUT2D eigenvalue weighted by atomic mass is 9.97. The number of nitrogens with zero attached hydrogens (tertiary/aromatic N) is 1. The van der Waals surface area contributed by atoms with E-state index in [9.17, 15) is 39.6 Å². The maximum absolute atomic E-state index is 14.2. The number of hydrogen-bond acceptors (Lipinski definition) is 3. The molecule has 35 heavy (non-hydrogen) atoms. The number of anilines is 1. The Balaban J connectivity index is 1.64. The van der Waals surface area contributed by atoms with Crippen molar-refractivity contribution >= 4 is 21.5 Å². The summed E-state index contributed by atoms with van der Waals surface area (Å²) >= 11 is 0. The van der Waals surface area contributed by atoms with Crippen molar-refractivity contribution < 1.29 is 39.6 Å². The fourth-order valence-corrected chi connectivity index (χ4v) is 5.45. The number of alkyl halides is 3. The van der Waals surface area contributed by atoms with Gasteiger partial charge < -0.3 is 0 Å². The minimum Gasteiger partial charge on any atom is -0.294 e. The number of carbonyl (C=O) groups excluding carboxylic acids is 1. The molecular weight excluding hydrogens is 496 g/mol. The van der Waals surface area contributed by atoms with Gasteiger partial charge in [0.05, 0.1) is 21.7 Å². The van der Waals surface area contributed by atoms with Gasteiger partial charge in [0, 0.05) is 13.0 Å². The maximum Gasteiger partial charge on any atom is 0.416 e. The van der Waals surface area contributed by atoms with E-state index >= 15 is 0 Å². The third kappa shape index (κ3) is 4.90. The minimum atomic E-state index is -4.76. The van der Waals surface area contributed by atoms with Gasteiger partial charge in [-0.2, -0.15) is 13.2 Å². The van der Waals surface area contributed by atoms with Crippen molar-refractivity contribution in [2.45, 2.75) is 30.3 Å². The van der Waals surface area contributed by atoms with Crippen LogP contribution < -0.4 is 4.31 Å². The van der Waals surface area contributed by atoms with E-state index in [1.807, 2.05) is 0 Å². The number of hydrogen-bond donors (Lipinski definition) is 0. The van der Waals surface area contributed by atoms with E-state index in [2.05, 4.69) is 0 Å². The molecule has 0 saturated carbocycles. The lowest BCUT2D eigenvalue weighted by Gasteiger charge is -2.31. The summed E-state index contributed by atoms with van der Waals surface area (Å²) < 4.78 is 107. The first-order chi connectivity index (χ1) is 16.4. The standard InChI is InChI=1S/C24H17F6NO3S/c25-19-8-6-17(13-21(19)27)35(33,34)31-9-1-2-15-4-3-14(10-22(15)31)11-23(32)18-7-5-16(12-20(18)26)24(28,29)30/h3-8,10,12-13H,1-2,9,11H2. The van der Waals surface area contributed by atoms with E-state index in [1.165, 1.54) is 6.07 Å². The fourth-order valence-electron chi connectivity index (χ4n) is 3.91. The molecule has 4 nitrogen and oxygen atoms in total. The number of carbonyl (C=O) groups is 1. The molecule has 3 aromatic rings. The van der Waals surface area contributed by atoms with E-state index in [4.69, 9.17) is 0 Å². The monoisotopic (exact) mass is 513 g/mol. The molecule has 0 aliphatic carbocycles. The Bertz CT molecular complexity index is 1420. The topological polar surface area (TPSA) is 54.5 Å². The van der Waals surface area contributed by atoms with Crippen LogP contribution in [0.4, 0.5) is 32.0 Å². The van der Waals surface area contributed by atoms with Crippen LogP contribution in [0.25, 0.3) is 0 Å². The summed E-state index contributed by atoms with van der Waals surface area (Å²) in [5.74, 6) is -4.62. The first-order valence-electron chi connectivity index (χ1n) is 10.4. The summed E-state index contributed by atoms with van der Waals surface area (Å²) in [5, 5.41) is 0. The summed E-state index contributed by atoms with van der Waals surface area (Å²) in [6.07, 6.45) is -4.16. The quantitative estimate of drug-likeness (QED) is 0.326. The van der Waals surface area contributed by atoms with Crippen molar-refractivity contribution in [3.8, 4) is 0 Å². The molecule has 0 radical (unpaired) electrons. The van der Waals surface area contributed by atoms with Crippen LogP contribution in [0.2, 0.25) is 0 Å². The maximum atomic E-state index is 14.2. The van der Waals surface area contributed by atoms with Gasteiger partial charge in [-0.25, -0.2) is 21.6 Å². The van der Waals surface area contributed by atoms with Gasteiger partial charge in [0.15, 0.2) is 17.4 Å². The number of rotatable bonds is 5. The smallest absolute Gasteiger partial charge is 0.294 e. The zero-order valence-corrected chi connectivity index (χ0v) is 18.7. The number of halogens is 6. The molecule has 11 heteroatoms. The molecule has 1 aliphatic heterocycles. The molecule has 0 saturated heterocycles. The number of Topliss-reactive ketones (excluding diaryl/α,β-unsaturated/α-hetero) is 1. The predicted octanol–water partition coefficient (Wildman–Crippen LogP) is 5.69. The first-order valence-corrected chi connectivity index (χ1v) is 11.8. The molecule has 0 bridgehead atoms. The van der Waals surface area contributed by atoms with Crippen LogP contribution in [-0.4, -0.2) is 20.7 Å². The summed E-state index contributed by atoms with van der Waals surface area (Å²) in [6, 6.07) is 8.43. The SMILES string of the molecule is O=C(Cc1ccc2c(c1)N(S(=O)(=O)c1ccc(F)c(F)c1)CCC2)c1ccc(C(F)(F)F)cc1F. The predicted molar refractivity (Wildman–Crippen MR) is 115 cm³/mol. The van der Waals surface area contributed by atoms with Gasteiger partial charge in [-0.1, -0.05) is 12.1 Å². The lowest BCUT2D eigenvalue weighted by molar-refractivity contribution is -0.137. The Morgan fingerprint density at radius 2 is 1.63 bits per heavy atom. The molecule has 0 aromatic heterocycles. The lowest BCUT2D eigenvalue weighted by Crippen LogP contribution is -2.35. The molecule has 4 rings (SSSR count). The average Bonchev–Trinajstić information content (AvgIpc) is 2.79. The second kappa shape index (κ2) is 9.03. The van der Waals surface area contributed by atoms with Gasteiger partial charge in [0.1, 0.15) is 5.82 Å². The second-order valence-corrected chi connectivity index (χ2v) is 9.87. The Morgan fingerprint density at radius 3 is 2.29 bits per heavy atom. The molecule has 0 fully saturated rings. The van der Waals surface area contributed by atoms with E-state index in [-0.39, 0.29) is 18.3 Å². The van der Waals surface area contributed by atoms with Crippen LogP contribution in [0.5, 0.6) is 0 Å². The Kier molecular flexibility index (Phi) is 6.39. The summed E-state index contributed by atoms with van der Waals surface area (Å²) in [5.41, 5.74) is -0.570. The second-order valence-electron chi connectivity index (χ2n) is 8.01. The molecule has 0 spiro atoms. The molecular formula is C24H17F6NO3S. The normalized spacial score (nSPS) is 14.1. The van der Waals surface area contributed by atoms with E-state index in [1.54, 1.807) is 12.1 Å². The molecule has 1 aliphatic rings. The van der Waals surface area contributed by atoms with Crippen LogP contribution in [0.15, 0.2) is 59.5 Å². The van der Waals surface area contributed by atoms with E-state index in [0.717, 1.165) is 16.4 Å². The number of aryl methyl sites for hydroxylation is 1. The van der Waals surface area contributed by atoms with Crippen molar-refractivity contribution in [1.29, 1.82) is 0 Å². The van der Waals surface area contributed by atoms with Crippen LogP contribution in [-0.2, 0) is 29.0 Å². The van der Waals surface area contributed by atoms with Crippen LogP contribution in [0.1, 0.15) is 33.5 Å². The highest BCUT2D eigenvalue weighted by Crippen LogP contribution is 2.34. The molecule has 1 heterocycles. The van der Waals surface area contributed by atoms with Crippen molar-refractivity contribution in [2.75, 3.05) is 10.8 Å². The number of benzene rings is 3. The molecule has 0 atom stereocenters. The third-order valence-electron chi connectivity index (χ3n) is 5.67. The molecule has 0 unspecified atom stereocenters. The molecule has 184 valence electrons. The van der Waals surface area contributed by atoms with Gasteiger partial charge >= 0.3 is 6.18 Å². The summed E-state index contributed by atoms with van der Waals surface area (Å²) in [4.78, 5) is 12.2. The van der Waals surface area contributed by atoms with Gasteiger partial charge in [-0.15, -0.1) is 0 Å². The van der Waals surface area contributed by atoms with Crippen molar-refractivity contribution in [1.82, 2.24) is 0 Å². The zero-order valence-electron chi connectivity index (χ0n) is 17.9. The van der Waals surface area contributed by atoms with Crippen LogP contribution >= 0.6 is 0 Å². The molecule has 0 N–H and O–H groups in total. The molecule has 3 aromatic carbocycles. The number of sulfonamides is 1. The van der Waals surface area contributed by atoms with Crippen molar-refractivity contribution in [3.63, 3.8) is 0 Å². The Hall–Kier alpha value is -3.34.